The van der Waals surface area contributed by atoms with Crippen molar-refractivity contribution in [2.45, 2.75) is 59.4 Å². The predicted octanol–water partition coefficient (Wildman–Crippen LogP) is 6.93. The summed E-state index contributed by atoms with van der Waals surface area (Å²) in [4.78, 5) is 27.6. The van der Waals surface area contributed by atoms with Crippen LogP contribution in [0, 0.1) is 0 Å². The maximum Gasteiger partial charge on any atom is 0.415 e. The van der Waals surface area contributed by atoms with E-state index < -0.39 is 17.3 Å². The maximum atomic E-state index is 12.4. The van der Waals surface area contributed by atoms with Crippen molar-refractivity contribution in [2.75, 3.05) is 36.1 Å². The summed E-state index contributed by atoms with van der Waals surface area (Å²) in [5, 5.41) is 9.38. The Balaban J connectivity index is 0.000000208. The Morgan fingerprint density at radius 2 is 1.26 bits per heavy atom. The van der Waals surface area contributed by atoms with Gasteiger partial charge < -0.3 is 28.8 Å². The van der Waals surface area contributed by atoms with Crippen molar-refractivity contribution in [1.29, 1.82) is 0 Å². The van der Waals surface area contributed by atoms with Gasteiger partial charge in [-0.05, 0) is 71.4 Å². The molecule has 43 heavy (non-hydrogen) atoms. The summed E-state index contributed by atoms with van der Waals surface area (Å²) in [7, 11) is 0. The maximum absolute atomic E-state index is 12.4. The fourth-order valence-electron chi connectivity index (χ4n) is 4.25. The summed E-state index contributed by atoms with van der Waals surface area (Å²) in [6, 6.07) is 20.1. The van der Waals surface area contributed by atoms with Crippen molar-refractivity contribution in [1.82, 2.24) is 0 Å². The van der Waals surface area contributed by atoms with Gasteiger partial charge in [0, 0.05) is 12.1 Å². The predicted molar refractivity (Wildman–Crippen MR) is 163 cm³/mol. The first kappa shape index (κ1) is 31.3. The van der Waals surface area contributed by atoms with Gasteiger partial charge in [-0.15, -0.1) is 0 Å². The van der Waals surface area contributed by atoms with E-state index in [1.54, 1.807) is 11.0 Å². The van der Waals surface area contributed by atoms with E-state index in [0.29, 0.717) is 61.5 Å². The van der Waals surface area contributed by atoms with E-state index >= 15 is 0 Å². The molecule has 3 aromatic rings. The van der Waals surface area contributed by atoms with Crippen LogP contribution in [-0.4, -0.2) is 54.8 Å². The number of hydrogen-bond acceptors (Lipinski definition) is 8. The molecule has 0 unspecified atom stereocenters. The van der Waals surface area contributed by atoms with E-state index in [1.165, 1.54) is 17.0 Å². The third-order valence-corrected chi connectivity index (χ3v) is 6.08. The summed E-state index contributed by atoms with van der Waals surface area (Å²) in [5.41, 5.74) is 1.35. The molecule has 0 fully saturated rings. The lowest BCUT2D eigenvalue weighted by Gasteiger charge is -2.31. The van der Waals surface area contributed by atoms with Gasteiger partial charge >= 0.3 is 12.2 Å². The first-order valence-corrected chi connectivity index (χ1v) is 14.2. The largest absolute Gasteiger partial charge is 0.508 e. The number of hydrogen-bond donors (Lipinski definition) is 1. The molecule has 2 aliphatic rings. The molecule has 0 atom stereocenters. The first-order chi connectivity index (χ1) is 20.3. The number of carbonyl (C=O) groups excluding carboxylic acids is 2. The number of phenols is 1. The van der Waals surface area contributed by atoms with Gasteiger partial charge in [0.15, 0.2) is 0 Å². The van der Waals surface area contributed by atoms with Crippen LogP contribution in [0.2, 0.25) is 0 Å². The van der Waals surface area contributed by atoms with E-state index in [4.69, 9.17) is 23.7 Å². The van der Waals surface area contributed by atoms with Crippen LogP contribution in [0.5, 0.6) is 23.0 Å². The third-order valence-electron chi connectivity index (χ3n) is 6.08. The molecule has 0 aliphatic carbocycles. The molecule has 1 N–H and O–H groups in total. The van der Waals surface area contributed by atoms with E-state index in [1.807, 2.05) is 90.1 Å². The number of aromatic hydroxyl groups is 1. The Bertz CT molecular complexity index is 1410. The number of rotatable bonds is 3. The van der Waals surface area contributed by atoms with Crippen LogP contribution in [0.3, 0.4) is 0 Å². The number of anilines is 2. The van der Waals surface area contributed by atoms with Crippen LogP contribution in [0.1, 0.15) is 47.1 Å². The van der Waals surface area contributed by atoms with Crippen molar-refractivity contribution < 1.29 is 38.4 Å². The second-order valence-electron chi connectivity index (χ2n) is 12.0. The van der Waals surface area contributed by atoms with Gasteiger partial charge in [0.1, 0.15) is 54.0 Å². The van der Waals surface area contributed by atoms with Gasteiger partial charge in [-0.2, -0.15) is 0 Å². The van der Waals surface area contributed by atoms with Crippen molar-refractivity contribution in [3.63, 3.8) is 0 Å². The number of amides is 2. The molecular weight excluding hydrogens is 552 g/mol. The molecule has 0 aromatic heterocycles. The number of nitrogens with zero attached hydrogens (tertiary/aromatic N) is 2. The molecule has 0 saturated carbocycles. The summed E-state index contributed by atoms with van der Waals surface area (Å²) < 4.78 is 27.7. The fourth-order valence-corrected chi connectivity index (χ4v) is 4.25. The van der Waals surface area contributed by atoms with Crippen LogP contribution in [0.4, 0.5) is 21.0 Å². The molecule has 10 nitrogen and oxygen atoms in total. The van der Waals surface area contributed by atoms with Crippen molar-refractivity contribution in [3.8, 4) is 23.0 Å². The van der Waals surface area contributed by atoms with Gasteiger partial charge in [-0.25, -0.2) is 9.59 Å². The van der Waals surface area contributed by atoms with Crippen molar-refractivity contribution in [2.24, 2.45) is 0 Å². The second kappa shape index (κ2) is 13.1. The third kappa shape index (κ3) is 8.94. The second-order valence-corrected chi connectivity index (χ2v) is 12.0. The van der Waals surface area contributed by atoms with Crippen LogP contribution >= 0.6 is 0 Å². The van der Waals surface area contributed by atoms with E-state index in [9.17, 15) is 14.7 Å². The normalized spacial score (nSPS) is 14.1. The number of carbonyl (C=O) groups is 2. The van der Waals surface area contributed by atoms with E-state index in [-0.39, 0.29) is 11.8 Å². The Kier molecular flexibility index (Phi) is 9.58. The number of fused-ring (bicyclic) bond motifs is 2. The molecule has 2 heterocycles. The monoisotopic (exact) mass is 592 g/mol. The Morgan fingerprint density at radius 3 is 1.79 bits per heavy atom. The van der Waals surface area contributed by atoms with Gasteiger partial charge in [-0.3, -0.25) is 9.80 Å². The zero-order valence-electron chi connectivity index (χ0n) is 25.6. The summed E-state index contributed by atoms with van der Waals surface area (Å²) >= 11 is 0. The lowest BCUT2D eigenvalue weighted by atomic mass is 10.2. The zero-order chi connectivity index (χ0) is 31.2. The van der Waals surface area contributed by atoms with Gasteiger partial charge in [0.2, 0.25) is 0 Å². The molecule has 230 valence electrons. The van der Waals surface area contributed by atoms with Gasteiger partial charge in [-0.1, -0.05) is 30.3 Å². The molecular formula is C33H40N2O8. The molecule has 0 saturated heterocycles. The lowest BCUT2D eigenvalue weighted by molar-refractivity contribution is 0.0557. The van der Waals surface area contributed by atoms with Crippen LogP contribution in [0.25, 0.3) is 0 Å². The lowest BCUT2D eigenvalue weighted by Crippen LogP contribution is -2.41. The smallest absolute Gasteiger partial charge is 0.415 e. The number of ether oxygens (including phenoxy) is 5. The minimum atomic E-state index is -0.535. The quantitative estimate of drug-likeness (QED) is 0.349. The highest BCUT2D eigenvalue weighted by atomic mass is 16.6. The van der Waals surface area contributed by atoms with E-state index in [0.717, 1.165) is 5.56 Å². The number of phenolic OH excluding ortho intramolecular Hbond substituents is 1. The minimum Gasteiger partial charge on any atom is -0.508 e. The topological polar surface area (TPSA) is 107 Å². The fraction of sp³-hybridized carbons (Fsp3) is 0.394. The Morgan fingerprint density at radius 1 is 0.744 bits per heavy atom. The van der Waals surface area contributed by atoms with Crippen LogP contribution < -0.4 is 24.0 Å². The average molecular weight is 593 g/mol. The SMILES string of the molecule is CC(C)(C)OC(=O)N1CCOc2cc(O)ccc21.CC(C)(C)OC(=O)N1CCOc2cc(OCc3ccccc3)ccc21. The van der Waals surface area contributed by atoms with Gasteiger partial charge in [0.05, 0.1) is 24.5 Å². The Hall–Kier alpha value is -4.60. The summed E-state index contributed by atoms with van der Waals surface area (Å²) in [6.07, 6.45) is -0.771. The molecule has 5 rings (SSSR count). The van der Waals surface area contributed by atoms with Crippen LogP contribution in [0.15, 0.2) is 66.7 Å². The van der Waals surface area contributed by atoms with Gasteiger partial charge in [0.25, 0.3) is 0 Å². The standard InChI is InChI=1S/C20H23NO4.C13H17NO4/c1-20(2,3)25-19(22)21-11-12-23-18-13-16(9-10-17(18)21)24-14-15-7-5-4-6-8-15;1-13(2,3)18-12(16)14-6-7-17-11-8-9(15)4-5-10(11)14/h4-10,13H,11-12,14H2,1-3H3;4-5,8,15H,6-7H2,1-3H3. The zero-order valence-corrected chi connectivity index (χ0v) is 25.6. The molecule has 10 heteroatoms. The summed E-state index contributed by atoms with van der Waals surface area (Å²) in [5.74, 6) is 1.93. The Labute approximate surface area is 252 Å². The first-order valence-electron chi connectivity index (χ1n) is 14.2. The number of benzene rings is 3. The van der Waals surface area contributed by atoms with Crippen molar-refractivity contribution in [3.05, 3.63) is 72.3 Å². The highest BCUT2D eigenvalue weighted by molar-refractivity contribution is 5.91. The highest BCUT2D eigenvalue weighted by Gasteiger charge is 2.29. The van der Waals surface area contributed by atoms with Crippen LogP contribution in [-0.2, 0) is 16.1 Å². The molecule has 2 aliphatic heterocycles. The van der Waals surface area contributed by atoms with E-state index in [2.05, 4.69) is 0 Å². The van der Waals surface area contributed by atoms with Crippen molar-refractivity contribution >= 4 is 23.6 Å². The average Bonchev–Trinajstić information content (AvgIpc) is 2.94. The minimum absolute atomic E-state index is 0.111. The summed E-state index contributed by atoms with van der Waals surface area (Å²) in [6.45, 7) is 13.2. The molecule has 0 radical (unpaired) electrons. The molecule has 0 bridgehead atoms. The highest BCUT2D eigenvalue weighted by Crippen LogP contribution is 2.37. The molecule has 3 aromatic carbocycles. The molecule has 2 amide bonds. The molecule has 0 spiro atoms.